The third kappa shape index (κ3) is 4.05. The van der Waals surface area contributed by atoms with Crippen molar-refractivity contribution in [3.63, 3.8) is 0 Å². The Morgan fingerprint density at radius 3 is 2.43 bits per heavy atom. The molecule has 0 spiro atoms. The molecule has 0 saturated heterocycles. The SMILES string of the molecule is CC(C)(CNC(=O)c1cc([N+](=O)[O-])cc(Cl)c1Cl)C(=O)O. The van der Waals surface area contributed by atoms with Gasteiger partial charge in [0, 0.05) is 18.7 Å². The van der Waals surface area contributed by atoms with Crippen LogP contribution in [0.4, 0.5) is 5.69 Å². The van der Waals surface area contributed by atoms with Crippen molar-refractivity contribution in [2.24, 2.45) is 5.41 Å². The average Bonchev–Trinajstić information content (AvgIpc) is 2.38. The molecule has 0 atom stereocenters. The van der Waals surface area contributed by atoms with Crippen LogP contribution in [0.25, 0.3) is 0 Å². The molecule has 9 heteroatoms. The second kappa shape index (κ2) is 6.28. The number of carbonyl (C=O) groups is 2. The van der Waals surface area contributed by atoms with E-state index in [1.165, 1.54) is 13.8 Å². The number of carboxylic acid groups (broad SMARTS) is 1. The number of carbonyl (C=O) groups excluding carboxylic acids is 1. The summed E-state index contributed by atoms with van der Waals surface area (Å²) < 4.78 is 0. The van der Waals surface area contributed by atoms with Crippen LogP contribution in [0.5, 0.6) is 0 Å². The number of nitrogens with zero attached hydrogens (tertiary/aromatic N) is 1. The lowest BCUT2D eigenvalue weighted by molar-refractivity contribution is -0.384. The molecule has 1 aromatic rings. The fourth-order valence-corrected chi connectivity index (χ4v) is 1.73. The van der Waals surface area contributed by atoms with Gasteiger partial charge in [-0.2, -0.15) is 0 Å². The summed E-state index contributed by atoms with van der Waals surface area (Å²) in [6.45, 7) is 2.69. The van der Waals surface area contributed by atoms with Gasteiger partial charge < -0.3 is 10.4 Å². The van der Waals surface area contributed by atoms with Crippen LogP contribution in [0.2, 0.25) is 10.0 Å². The number of nitro groups is 1. The number of benzene rings is 1. The number of hydrogen-bond donors (Lipinski definition) is 2. The number of halogens is 2. The number of amides is 1. The zero-order valence-corrected chi connectivity index (χ0v) is 12.7. The summed E-state index contributed by atoms with van der Waals surface area (Å²) >= 11 is 11.6. The maximum absolute atomic E-state index is 12.0. The van der Waals surface area contributed by atoms with Crippen LogP contribution >= 0.6 is 23.2 Å². The van der Waals surface area contributed by atoms with E-state index in [1.807, 2.05) is 0 Å². The Hall–Kier alpha value is -1.86. The minimum absolute atomic E-state index is 0.131. The van der Waals surface area contributed by atoms with Gasteiger partial charge in [0.2, 0.25) is 0 Å². The van der Waals surface area contributed by atoms with Gasteiger partial charge in [0.05, 0.1) is 25.9 Å². The van der Waals surface area contributed by atoms with Crippen molar-refractivity contribution < 1.29 is 19.6 Å². The van der Waals surface area contributed by atoms with Gasteiger partial charge in [0.25, 0.3) is 11.6 Å². The molecule has 0 aliphatic heterocycles. The van der Waals surface area contributed by atoms with Gasteiger partial charge in [-0.25, -0.2) is 0 Å². The Balaban J connectivity index is 3.03. The van der Waals surface area contributed by atoms with Crippen molar-refractivity contribution >= 4 is 40.8 Å². The lowest BCUT2D eigenvalue weighted by Crippen LogP contribution is -2.39. The molecule has 0 aliphatic rings. The van der Waals surface area contributed by atoms with E-state index in [-0.39, 0.29) is 27.8 Å². The molecule has 0 unspecified atom stereocenters. The molecule has 1 aromatic carbocycles. The van der Waals surface area contributed by atoms with E-state index in [2.05, 4.69) is 5.32 Å². The third-order valence-corrected chi connectivity index (χ3v) is 3.54. The molecule has 0 radical (unpaired) electrons. The van der Waals surface area contributed by atoms with E-state index in [4.69, 9.17) is 28.3 Å². The summed E-state index contributed by atoms with van der Waals surface area (Å²) in [6.07, 6.45) is 0. The van der Waals surface area contributed by atoms with Gasteiger partial charge >= 0.3 is 5.97 Å². The Kier molecular flexibility index (Phi) is 5.14. The maximum Gasteiger partial charge on any atom is 0.310 e. The number of rotatable bonds is 5. The van der Waals surface area contributed by atoms with Gasteiger partial charge in [-0.1, -0.05) is 23.2 Å². The predicted octanol–water partition coefficient (Wildman–Crippen LogP) is 2.74. The zero-order chi connectivity index (χ0) is 16.4. The van der Waals surface area contributed by atoms with Crippen LogP contribution in [-0.4, -0.2) is 28.5 Å². The van der Waals surface area contributed by atoms with Crippen molar-refractivity contribution in [3.8, 4) is 0 Å². The van der Waals surface area contributed by atoms with E-state index >= 15 is 0 Å². The van der Waals surface area contributed by atoms with Crippen molar-refractivity contribution in [1.82, 2.24) is 5.32 Å². The highest BCUT2D eigenvalue weighted by Gasteiger charge is 2.28. The van der Waals surface area contributed by atoms with E-state index in [0.29, 0.717) is 0 Å². The molecule has 1 rings (SSSR count). The smallest absolute Gasteiger partial charge is 0.310 e. The first kappa shape index (κ1) is 17.2. The highest BCUT2D eigenvalue weighted by Crippen LogP contribution is 2.31. The van der Waals surface area contributed by atoms with Crippen LogP contribution < -0.4 is 5.32 Å². The molecule has 0 saturated carbocycles. The molecular weight excluding hydrogens is 323 g/mol. The van der Waals surface area contributed by atoms with E-state index < -0.39 is 22.2 Å². The van der Waals surface area contributed by atoms with Crippen LogP contribution in [0, 0.1) is 15.5 Å². The molecule has 1 amide bonds. The number of aliphatic carboxylic acids is 1. The standard InChI is InChI=1S/C12H12Cl2N2O5/c1-12(2,11(18)19)5-15-10(17)7-3-6(16(20)21)4-8(13)9(7)14/h3-4H,5H2,1-2H3,(H,15,17)(H,18,19). The molecule has 0 fully saturated rings. The topological polar surface area (TPSA) is 110 Å². The van der Waals surface area contributed by atoms with Crippen LogP contribution in [0.1, 0.15) is 24.2 Å². The largest absolute Gasteiger partial charge is 0.481 e. The monoisotopic (exact) mass is 334 g/mol. The number of nitrogens with one attached hydrogen (secondary N) is 1. The molecule has 114 valence electrons. The molecule has 2 N–H and O–H groups in total. The van der Waals surface area contributed by atoms with Gasteiger partial charge in [0.15, 0.2) is 0 Å². The molecule has 0 aromatic heterocycles. The van der Waals surface area contributed by atoms with E-state index in [0.717, 1.165) is 12.1 Å². The summed E-state index contributed by atoms with van der Waals surface area (Å²) in [5, 5.41) is 21.8. The quantitative estimate of drug-likeness (QED) is 0.635. The van der Waals surface area contributed by atoms with Crippen molar-refractivity contribution in [2.45, 2.75) is 13.8 Å². The fraction of sp³-hybridized carbons (Fsp3) is 0.333. The number of carboxylic acids is 1. The van der Waals surface area contributed by atoms with E-state index in [1.54, 1.807) is 0 Å². The summed E-state index contributed by atoms with van der Waals surface area (Å²) in [5.41, 5.74) is -1.75. The summed E-state index contributed by atoms with van der Waals surface area (Å²) in [7, 11) is 0. The van der Waals surface area contributed by atoms with Crippen LogP contribution in [0.15, 0.2) is 12.1 Å². The van der Waals surface area contributed by atoms with Crippen molar-refractivity contribution in [3.05, 3.63) is 37.9 Å². The van der Waals surface area contributed by atoms with Crippen LogP contribution in [0.3, 0.4) is 0 Å². The first-order valence-corrected chi connectivity index (χ1v) is 6.47. The minimum atomic E-state index is -1.19. The number of hydrogen-bond acceptors (Lipinski definition) is 4. The maximum atomic E-state index is 12.0. The Morgan fingerprint density at radius 2 is 1.95 bits per heavy atom. The second-order valence-corrected chi connectivity index (χ2v) is 5.70. The van der Waals surface area contributed by atoms with Crippen molar-refractivity contribution in [2.75, 3.05) is 6.54 Å². The van der Waals surface area contributed by atoms with E-state index in [9.17, 15) is 19.7 Å². The van der Waals surface area contributed by atoms with Gasteiger partial charge in [-0.15, -0.1) is 0 Å². The highest BCUT2D eigenvalue weighted by atomic mass is 35.5. The second-order valence-electron chi connectivity index (χ2n) is 4.92. The predicted molar refractivity (Wildman–Crippen MR) is 76.9 cm³/mol. The lowest BCUT2D eigenvalue weighted by atomic mass is 9.94. The van der Waals surface area contributed by atoms with Gasteiger partial charge in [-0.05, 0) is 13.8 Å². The van der Waals surface area contributed by atoms with Crippen LogP contribution in [-0.2, 0) is 4.79 Å². The molecular formula is C12H12Cl2N2O5. The first-order valence-electron chi connectivity index (χ1n) is 5.71. The molecule has 0 heterocycles. The van der Waals surface area contributed by atoms with Gasteiger partial charge in [-0.3, -0.25) is 19.7 Å². The summed E-state index contributed by atoms with van der Waals surface area (Å²) in [5.74, 6) is -1.83. The minimum Gasteiger partial charge on any atom is -0.481 e. The van der Waals surface area contributed by atoms with Crippen molar-refractivity contribution in [1.29, 1.82) is 0 Å². The van der Waals surface area contributed by atoms with Gasteiger partial charge in [0.1, 0.15) is 0 Å². The summed E-state index contributed by atoms with van der Waals surface area (Å²) in [6, 6.07) is 2.01. The lowest BCUT2D eigenvalue weighted by Gasteiger charge is -2.19. The average molecular weight is 335 g/mol. The molecule has 21 heavy (non-hydrogen) atoms. The number of nitro benzene ring substituents is 1. The number of non-ortho nitro benzene ring substituents is 1. The molecule has 0 aliphatic carbocycles. The molecule has 0 bridgehead atoms. The Morgan fingerprint density at radius 1 is 1.38 bits per heavy atom. The molecule has 7 nitrogen and oxygen atoms in total. The Bertz CT molecular complexity index is 616. The summed E-state index contributed by atoms with van der Waals surface area (Å²) in [4.78, 5) is 33.0. The highest BCUT2D eigenvalue weighted by molar-refractivity contribution is 6.44. The fourth-order valence-electron chi connectivity index (χ4n) is 1.32. The zero-order valence-electron chi connectivity index (χ0n) is 11.1. The third-order valence-electron chi connectivity index (χ3n) is 2.74. The first-order chi connectivity index (χ1) is 9.56. The normalized spacial score (nSPS) is 11.0. The Labute approximate surface area is 130 Å².